The molecule has 0 amide bonds. The van der Waals surface area contributed by atoms with Crippen molar-refractivity contribution >= 4 is 5.97 Å². The standard InChI is InChI=1S/C22H16FN3O3/c1-29-18-9-10-20(23)19(12-18)14-5-7-15(8-6-14)21-13-26(25-24-21)17-4-2-3-16(11-17)22(27)28/h2-13H,1H3,(H,27,28). The first-order valence-corrected chi connectivity index (χ1v) is 8.75. The van der Waals surface area contributed by atoms with E-state index in [0.717, 1.165) is 5.56 Å². The van der Waals surface area contributed by atoms with Gasteiger partial charge in [0.15, 0.2) is 0 Å². The van der Waals surface area contributed by atoms with Gasteiger partial charge in [-0.15, -0.1) is 5.10 Å². The molecule has 0 aliphatic carbocycles. The molecule has 0 fully saturated rings. The van der Waals surface area contributed by atoms with E-state index in [2.05, 4.69) is 10.3 Å². The Labute approximate surface area is 165 Å². The number of carboxylic acids is 1. The summed E-state index contributed by atoms with van der Waals surface area (Å²) < 4.78 is 20.9. The van der Waals surface area contributed by atoms with E-state index < -0.39 is 5.97 Å². The zero-order valence-corrected chi connectivity index (χ0v) is 15.4. The SMILES string of the molecule is COc1ccc(F)c(-c2ccc(-c3cn(-c4cccc(C(=O)O)c4)nn3)cc2)c1. The number of aromatic nitrogens is 3. The Morgan fingerprint density at radius 2 is 1.79 bits per heavy atom. The fourth-order valence-corrected chi connectivity index (χ4v) is 2.98. The van der Waals surface area contributed by atoms with E-state index in [1.165, 1.54) is 30.0 Å². The summed E-state index contributed by atoms with van der Waals surface area (Å²) in [6, 6.07) is 18.3. The first-order valence-electron chi connectivity index (χ1n) is 8.75. The number of methoxy groups -OCH3 is 1. The van der Waals surface area contributed by atoms with E-state index in [-0.39, 0.29) is 11.4 Å². The maximum atomic E-state index is 14.2. The molecule has 29 heavy (non-hydrogen) atoms. The zero-order valence-electron chi connectivity index (χ0n) is 15.4. The third-order valence-corrected chi connectivity index (χ3v) is 4.52. The van der Waals surface area contributed by atoms with Crippen LogP contribution < -0.4 is 4.74 Å². The van der Waals surface area contributed by atoms with Crippen molar-refractivity contribution in [3.05, 3.63) is 84.3 Å². The van der Waals surface area contributed by atoms with Crippen molar-refractivity contribution in [3.63, 3.8) is 0 Å². The highest BCUT2D eigenvalue weighted by Gasteiger charge is 2.10. The third kappa shape index (κ3) is 3.70. The molecule has 0 saturated heterocycles. The molecule has 0 unspecified atom stereocenters. The molecule has 0 bridgehead atoms. The molecule has 4 aromatic rings. The number of carboxylic acid groups (broad SMARTS) is 1. The van der Waals surface area contributed by atoms with E-state index in [0.29, 0.717) is 28.3 Å². The number of hydrogen-bond donors (Lipinski definition) is 1. The Morgan fingerprint density at radius 3 is 2.52 bits per heavy atom. The van der Waals surface area contributed by atoms with Crippen molar-refractivity contribution in [1.29, 1.82) is 0 Å². The minimum Gasteiger partial charge on any atom is -0.497 e. The maximum absolute atomic E-state index is 14.2. The molecule has 3 aromatic carbocycles. The predicted octanol–water partition coefficient (Wildman–Crippen LogP) is 4.45. The predicted molar refractivity (Wildman–Crippen MR) is 106 cm³/mol. The summed E-state index contributed by atoms with van der Waals surface area (Å²) in [5, 5.41) is 17.4. The minimum absolute atomic E-state index is 0.171. The maximum Gasteiger partial charge on any atom is 0.335 e. The molecule has 0 atom stereocenters. The van der Waals surface area contributed by atoms with Crippen LogP contribution >= 0.6 is 0 Å². The van der Waals surface area contributed by atoms with Crippen molar-refractivity contribution in [2.24, 2.45) is 0 Å². The van der Waals surface area contributed by atoms with Crippen LogP contribution in [0.3, 0.4) is 0 Å². The van der Waals surface area contributed by atoms with Crippen LogP contribution in [0.4, 0.5) is 4.39 Å². The Morgan fingerprint density at radius 1 is 1.03 bits per heavy atom. The Bertz CT molecular complexity index is 1190. The number of aromatic carboxylic acids is 1. The van der Waals surface area contributed by atoms with Crippen molar-refractivity contribution in [2.45, 2.75) is 0 Å². The smallest absolute Gasteiger partial charge is 0.335 e. The van der Waals surface area contributed by atoms with Gasteiger partial charge in [0, 0.05) is 11.1 Å². The Kier molecular flexibility index (Phi) is 4.78. The van der Waals surface area contributed by atoms with Gasteiger partial charge in [0.1, 0.15) is 17.3 Å². The average Bonchev–Trinajstić information content (AvgIpc) is 3.25. The van der Waals surface area contributed by atoms with Crippen molar-refractivity contribution in [2.75, 3.05) is 7.11 Å². The summed E-state index contributed by atoms with van der Waals surface area (Å²) in [6.45, 7) is 0. The molecule has 6 nitrogen and oxygen atoms in total. The van der Waals surface area contributed by atoms with Crippen molar-refractivity contribution in [1.82, 2.24) is 15.0 Å². The van der Waals surface area contributed by atoms with Gasteiger partial charge in [0.05, 0.1) is 24.6 Å². The second-order valence-corrected chi connectivity index (χ2v) is 6.33. The van der Waals surface area contributed by atoms with Crippen LogP contribution in [0.5, 0.6) is 5.75 Å². The number of hydrogen-bond acceptors (Lipinski definition) is 4. The molecule has 1 aromatic heterocycles. The molecular weight excluding hydrogens is 373 g/mol. The third-order valence-electron chi connectivity index (χ3n) is 4.52. The molecule has 1 heterocycles. The van der Waals surface area contributed by atoms with E-state index >= 15 is 0 Å². The van der Waals surface area contributed by atoms with Gasteiger partial charge < -0.3 is 9.84 Å². The summed E-state index contributed by atoms with van der Waals surface area (Å²) in [5.41, 5.74) is 3.35. The van der Waals surface area contributed by atoms with Crippen molar-refractivity contribution < 1.29 is 19.0 Å². The Hall–Kier alpha value is -4.00. The van der Waals surface area contributed by atoms with Gasteiger partial charge in [-0.05, 0) is 42.0 Å². The Balaban J connectivity index is 1.63. The van der Waals surface area contributed by atoms with Gasteiger partial charge in [0.2, 0.25) is 0 Å². The van der Waals surface area contributed by atoms with Gasteiger partial charge in [-0.25, -0.2) is 13.9 Å². The van der Waals surface area contributed by atoms with E-state index in [1.807, 2.05) is 12.1 Å². The first-order chi connectivity index (χ1) is 14.0. The number of carbonyl (C=O) groups is 1. The molecule has 0 radical (unpaired) electrons. The van der Waals surface area contributed by atoms with Gasteiger partial charge in [-0.1, -0.05) is 35.5 Å². The molecule has 0 saturated carbocycles. The van der Waals surface area contributed by atoms with Crippen LogP contribution in [0.15, 0.2) is 72.9 Å². The van der Waals surface area contributed by atoms with Crippen LogP contribution in [0.2, 0.25) is 0 Å². The van der Waals surface area contributed by atoms with Crippen molar-refractivity contribution in [3.8, 4) is 33.8 Å². The largest absolute Gasteiger partial charge is 0.497 e. The normalized spacial score (nSPS) is 10.7. The summed E-state index contributed by atoms with van der Waals surface area (Å²) in [7, 11) is 1.54. The minimum atomic E-state index is -1.01. The van der Waals surface area contributed by atoms with Crippen LogP contribution in [-0.4, -0.2) is 33.2 Å². The lowest BCUT2D eigenvalue weighted by molar-refractivity contribution is 0.0697. The lowest BCUT2D eigenvalue weighted by atomic mass is 10.0. The average molecular weight is 389 g/mol. The highest BCUT2D eigenvalue weighted by molar-refractivity contribution is 5.88. The molecule has 4 rings (SSSR count). The molecule has 144 valence electrons. The second kappa shape index (κ2) is 7.55. The molecule has 1 N–H and O–H groups in total. The van der Waals surface area contributed by atoms with Crippen LogP contribution in [0.25, 0.3) is 28.1 Å². The van der Waals surface area contributed by atoms with Crippen LogP contribution in [0.1, 0.15) is 10.4 Å². The number of halogens is 1. The van der Waals surface area contributed by atoms with E-state index in [1.54, 1.807) is 42.6 Å². The summed E-state index contributed by atoms with van der Waals surface area (Å²) in [5.74, 6) is -0.757. The summed E-state index contributed by atoms with van der Waals surface area (Å²) in [4.78, 5) is 11.1. The fraction of sp³-hybridized carbons (Fsp3) is 0.0455. The van der Waals surface area contributed by atoms with Gasteiger partial charge in [-0.3, -0.25) is 0 Å². The highest BCUT2D eigenvalue weighted by atomic mass is 19.1. The molecule has 0 aliphatic heterocycles. The quantitative estimate of drug-likeness (QED) is 0.546. The second-order valence-electron chi connectivity index (χ2n) is 6.33. The number of ether oxygens (including phenoxy) is 1. The first kappa shape index (κ1) is 18.4. The zero-order chi connectivity index (χ0) is 20.4. The van der Waals surface area contributed by atoms with Crippen LogP contribution in [0, 0.1) is 5.82 Å². The number of nitrogens with zero attached hydrogens (tertiary/aromatic N) is 3. The lowest BCUT2D eigenvalue weighted by Crippen LogP contribution is -2.00. The monoisotopic (exact) mass is 389 g/mol. The molecule has 0 spiro atoms. The van der Waals surface area contributed by atoms with Crippen LogP contribution in [-0.2, 0) is 0 Å². The summed E-state index contributed by atoms with van der Waals surface area (Å²) in [6.07, 6.45) is 1.71. The fourth-order valence-electron chi connectivity index (χ4n) is 2.98. The van der Waals surface area contributed by atoms with Gasteiger partial charge in [-0.2, -0.15) is 0 Å². The molecule has 7 heteroatoms. The number of benzene rings is 3. The van der Waals surface area contributed by atoms with Gasteiger partial charge >= 0.3 is 5.97 Å². The highest BCUT2D eigenvalue weighted by Crippen LogP contribution is 2.29. The topological polar surface area (TPSA) is 77.2 Å². The number of rotatable bonds is 5. The molecular formula is C22H16FN3O3. The van der Waals surface area contributed by atoms with E-state index in [4.69, 9.17) is 9.84 Å². The van der Waals surface area contributed by atoms with E-state index in [9.17, 15) is 9.18 Å². The lowest BCUT2D eigenvalue weighted by Gasteiger charge is -2.07. The summed E-state index contributed by atoms with van der Waals surface area (Å²) >= 11 is 0. The van der Waals surface area contributed by atoms with Gasteiger partial charge in [0.25, 0.3) is 0 Å². The molecule has 0 aliphatic rings.